The maximum atomic E-state index is 12.9. The van der Waals surface area contributed by atoms with E-state index in [0.717, 1.165) is 6.07 Å². The number of ether oxygens (including phenoxy) is 2. The molecule has 2 aromatic heterocycles. The van der Waals surface area contributed by atoms with Gasteiger partial charge in [0.1, 0.15) is 24.1 Å². The van der Waals surface area contributed by atoms with E-state index in [4.69, 9.17) is 14.0 Å². The van der Waals surface area contributed by atoms with E-state index >= 15 is 0 Å². The molecule has 10 nitrogen and oxygen atoms in total. The summed E-state index contributed by atoms with van der Waals surface area (Å²) < 4.78 is 54.6. The number of aliphatic hydroxyl groups is 3. The Hall–Kier alpha value is -2.22. The zero-order chi connectivity index (χ0) is 19.8. The van der Waals surface area contributed by atoms with E-state index < -0.39 is 46.1 Å². The maximum Gasteiger partial charge on any atom is 0.295 e. The second-order valence-electron chi connectivity index (χ2n) is 5.73. The summed E-state index contributed by atoms with van der Waals surface area (Å²) in [6, 6.07) is 5.52. The lowest BCUT2D eigenvalue weighted by atomic mass is 10.1. The predicted octanol–water partition coefficient (Wildman–Crippen LogP) is -0.686. The van der Waals surface area contributed by atoms with Crippen LogP contribution in [0.4, 0.5) is 4.39 Å². The first kappa shape index (κ1) is 19.5. The summed E-state index contributed by atoms with van der Waals surface area (Å²) in [7, 11) is -4.88. The van der Waals surface area contributed by atoms with Crippen LogP contribution in [-0.4, -0.2) is 68.3 Å². The number of hydrogen-bond donors (Lipinski definition) is 4. The molecule has 27 heavy (non-hydrogen) atoms. The summed E-state index contributed by atoms with van der Waals surface area (Å²) in [6.07, 6.45) is -5.00. The quantitative estimate of drug-likeness (QED) is 0.381. The van der Waals surface area contributed by atoms with Gasteiger partial charge in [0.25, 0.3) is 10.1 Å². The molecular weight excluding hydrogens is 387 g/mol. The summed E-state index contributed by atoms with van der Waals surface area (Å²) in [5.41, 5.74) is -1.23. The monoisotopic (exact) mass is 402 g/mol. The van der Waals surface area contributed by atoms with Gasteiger partial charge in [-0.3, -0.25) is 9.54 Å². The highest BCUT2D eigenvalue weighted by atomic mass is 32.2. The molecule has 0 spiro atoms. The molecule has 0 saturated carbocycles. The average molecular weight is 402 g/mol. The molecule has 0 aliphatic carbocycles. The van der Waals surface area contributed by atoms with Gasteiger partial charge in [-0.25, -0.2) is 4.98 Å². The molecule has 3 rings (SSSR count). The molecule has 0 amide bonds. The molecule has 5 atom stereocenters. The lowest BCUT2D eigenvalue weighted by Gasteiger charge is -2.38. The van der Waals surface area contributed by atoms with Crippen LogP contribution in [0.25, 0.3) is 11.3 Å². The van der Waals surface area contributed by atoms with Crippen molar-refractivity contribution in [3.8, 4) is 17.0 Å². The molecule has 1 aliphatic rings. The van der Waals surface area contributed by atoms with Gasteiger partial charge in [0.05, 0.1) is 11.9 Å². The number of pyridine rings is 2. The highest BCUT2D eigenvalue weighted by molar-refractivity contribution is 7.86. The molecule has 146 valence electrons. The minimum Gasteiger partial charge on any atom is -0.460 e. The van der Waals surface area contributed by atoms with Crippen molar-refractivity contribution >= 4 is 10.1 Å². The molecule has 1 saturated heterocycles. The second kappa shape index (κ2) is 7.42. The van der Waals surface area contributed by atoms with Crippen molar-refractivity contribution in [2.45, 2.75) is 30.0 Å². The Labute approximate surface area is 152 Å². The predicted molar refractivity (Wildman–Crippen MR) is 86.3 cm³/mol. The lowest BCUT2D eigenvalue weighted by molar-refractivity contribution is -0.254. The van der Waals surface area contributed by atoms with E-state index in [2.05, 4.69) is 9.97 Å². The van der Waals surface area contributed by atoms with Crippen LogP contribution in [0.2, 0.25) is 0 Å². The normalized spacial score (nSPS) is 28.7. The van der Waals surface area contributed by atoms with Crippen LogP contribution in [0.5, 0.6) is 5.75 Å². The summed E-state index contributed by atoms with van der Waals surface area (Å²) in [4.78, 5) is 7.57. The minimum atomic E-state index is -4.88. The van der Waals surface area contributed by atoms with Gasteiger partial charge in [-0.05, 0) is 24.3 Å². The summed E-state index contributed by atoms with van der Waals surface area (Å²) >= 11 is 0. The van der Waals surface area contributed by atoms with Crippen LogP contribution in [-0.2, 0) is 14.9 Å². The van der Waals surface area contributed by atoms with Gasteiger partial charge in [-0.15, -0.1) is 0 Å². The van der Waals surface area contributed by atoms with E-state index in [0.29, 0.717) is 11.3 Å². The van der Waals surface area contributed by atoms with Crippen molar-refractivity contribution in [1.29, 1.82) is 0 Å². The number of rotatable bonds is 4. The van der Waals surface area contributed by atoms with Crippen molar-refractivity contribution < 1.29 is 42.2 Å². The lowest BCUT2D eigenvalue weighted by Crippen LogP contribution is -2.61. The highest BCUT2D eigenvalue weighted by Crippen LogP contribution is 2.27. The van der Waals surface area contributed by atoms with Gasteiger partial charge in [-0.2, -0.15) is 12.8 Å². The fraction of sp³-hybridized carbons (Fsp3) is 0.333. The molecule has 0 bridgehead atoms. The fourth-order valence-electron chi connectivity index (χ4n) is 2.44. The largest absolute Gasteiger partial charge is 0.460 e. The number of nitrogens with zero attached hydrogens (tertiary/aromatic N) is 2. The molecule has 1 unspecified atom stereocenters. The Morgan fingerprint density at radius 1 is 1.00 bits per heavy atom. The zero-order valence-electron chi connectivity index (χ0n) is 13.5. The number of hydrogen-bond acceptors (Lipinski definition) is 9. The average Bonchev–Trinajstić information content (AvgIpc) is 2.62. The van der Waals surface area contributed by atoms with Crippen LogP contribution in [0, 0.1) is 5.95 Å². The van der Waals surface area contributed by atoms with Gasteiger partial charge in [0.15, 0.2) is 0 Å². The molecule has 0 aromatic carbocycles. The standard InChI is InChI=1S/C15H15FN2O8S/c16-10-4-1-7(5-18-10)9-3-2-8(6-17-9)25-14-12(20)11(19)13(21)15(26-14)27(22,23)24/h1-6,11-15,19-21H,(H,22,23,24)/t11-,12-,13+,14-,15?/m1/s1. The minimum absolute atomic E-state index is 0.0375. The maximum absolute atomic E-state index is 12.9. The first-order valence-corrected chi connectivity index (χ1v) is 9.08. The van der Waals surface area contributed by atoms with Crippen molar-refractivity contribution in [3.63, 3.8) is 0 Å². The van der Waals surface area contributed by atoms with Crippen LogP contribution in [0.1, 0.15) is 0 Å². The SMILES string of the molecule is O=S(=O)(O)C1O[C@@H](Oc2ccc(-c3ccc(F)nc3)nc2)[C@H](O)[C@@H](O)[C@@H]1O. The molecule has 1 fully saturated rings. The molecule has 1 aliphatic heterocycles. The molecule has 4 N–H and O–H groups in total. The van der Waals surface area contributed by atoms with Crippen LogP contribution in [0.3, 0.4) is 0 Å². The Kier molecular flexibility index (Phi) is 5.37. The fourth-order valence-corrected chi connectivity index (χ4v) is 3.21. The molecular formula is C15H15FN2O8S. The van der Waals surface area contributed by atoms with Crippen molar-refractivity contribution in [3.05, 3.63) is 42.6 Å². The first-order valence-electron chi connectivity index (χ1n) is 7.57. The summed E-state index contributed by atoms with van der Waals surface area (Å²) in [5.74, 6) is -0.605. The van der Waals surface area contributed by atoms with Crippen molar-refractivity contribution in [2.75, 3.05) is 0 Å². The number of halogens is 1. The van der Waals surface area contributed by atoms with E-state index in [1.165, 1.54) is 30.6 Å². The molecule has 2 aromatic rings. The van der Waals surface area contributed by atoms with E-state index in [1.807, 2.05) is 0 Å². The van der Waals surface area contributed by atoms with Gasteiger partial charge in [-0.1, -0.05) is 0 Å². The summed E-state index contributed by atoms with van der Waals surface area (Å²) in [5, 5.41) is 29.3. The molecule has 12 heteroatoms. The van der Waals surface area contributed by atoms with Crippen LogP contribution >= 0.6 is 0 Å². The molecule has 0 radical (unpaired) electrons. The number of aliphatic hydroxyl groups excluding tert-OH is 3. The highest BCUT2D eigenvalue weighted by Gasteiger charge is 2.50. The Morgan fingerprint density at radius 3 is 2.30 bits per heavy atom. The Balaban J connectivity index is 1.76. The van der Waals surface area contributed by atoms with Crippen LogP contribution < -0.4 is 4.74 Å². The zero-order valence-corrected chi connectivity index (χ0v) is 14.3. The summed E-state index contributed by atoms with van der Waals surface area (Å²) in [6.45, 7) is 0. The number of aromatic nitrogens is 2. The van der Waals surface area contributed by atoms with Crippen LogP contribution in [0.15, 0.2) is 36.7 Å². The Morgan fingerprint density at radius 2 is 1.74 bits per heavy atom. The Bertz CT molecular complexity index is 893. The van der Waals surface area contributed by atoms with Crippen molar-refractivity contribution in [1.82, 2.24) is 9.97 Å². The molecule has 3 heterocycles. The van der Waals surface area contributed by atoms with E-state index in [1.54, 1.807) is 0 Å². The van der Waals surface area contributed by atoms with Gasteiger partial charge < -0.3 is 24.8 Å². The topological polar surface area (TPSA) is 159 Å². The van der Waals surface area contributed by atoms with Gasteiger partial charge in [0, 0.05) is 11.8 Å². The van der Waals surface area contributed by atoms with Crippen molar-refractivity contribution in [2.24, 2.45) is 0 Å². The third kappa shape index (κ3) is 4.21. The third-order valence-electron chi connectivity index (χ3n) is 3.83. The second-order valence-corrected chi connectivity index (χ2v) is 7.22. The first-order chi connectivity index (χ1) is 12.7. The van der Waals surface area contributed by atoms with Gasteiger partial charge in [0.2, 0.25) is 17.7 Å². The third-order valence-corrected chi connectivity index (χ3v) is 4.81. The van der Waals surface area contributed by atoms with Gasteiger partial charge >= 0.3 is 0 Å². The van der Waals surface area contributed by atoms with E-state index in [-0.39, 0.29) is 5.75 Å². The van der Waals surface area contributed by atoms with E-state index in [9.17, 15) is 28.1 Å². The smallest absolute Gasteiger partial charge is 0.295 e.